The summed E-state index contributed by atoms with van der Waals surface area (Å²) < 4.78 is 2.25. The van der Waals surface area contributed by atoms with Crippen molar-refractivity contribution in [3.63, 3.8) is 0 Å². The Balaban J connectivity index is 2.30. The molecule has 2 atom stereocenters. The van der Waals surface area contributed by atoms with E-state index in [0.29, 0.717) is 0 Å². The van der Waals surface area contributed by atoms with E-state index in [2.05, 4.69) is 9.55 Å². The van der Waals surface area contributed by atoms with Crippen molar-refractivity contribution in [2.45, 2.75) is 45.3 Å². The Bertz CT molecular complexity index is 304. The summed E-state index contributed by atoms with van der Waals surface area (Å²) in [7, 11) is 0. The van der Waals surface area contributed by atoms with Crippen LogP contribution in [0, 0.1) is 0 Å². The molecule has 13 heavy (non-hydrogen) atoms. The van der Waals surface area contributed by atoms with Crippen LogP contribution in [0.2, 0.25) is 0 Å². The molecule has 0 aliphatic carbocycles. The van der Waals surface area contributed by atoms with Crippen LogP contribution >= 0.6 is 0 Å². The Hall–Kier alpha value is -0.830. The van der Waals surface area contributed by atoms with E-state index in [-0.39, 0.29) is 12.0 Å². The van der Waals surface area contributed by atoms with E-state index in [9.17, 15) is 5.11 Å². The van der Waals surface area contributed by atoms with Gasteiger partial charge in [0.1, 0.15) is 5.82 Å². The van der Waals surface area contributed by atoms with E-state index in [1.807, 2.05) is 20.0 Å². The lowest BCUT2D eigenvalue weighted by atomic mass is 10.0. The summed E-state index contributed by atoms with van der Waals surface area (Å²) in [5, 5.41) is 9.48. The van der Waals surface area contributed by atoms with Gasteiger partial charge in [0.25, 0.3) is 0 Å². The van der Waals surface area contributed by atoms with Gasteiger partial charge in [-0.2, -0.15) is 0 Å². The molecule has 0 amide bonds. The summed E-state index contributed by atoms with van der Waals surface area (Å²) >= 11 is 0. The molecular weight excluding hydrogens is 164 g/mol. The molecule has 72 valence electrons. The number of rotatable bonds is 2. The van der Waals surface area contributed by atoms with Crippen molar-refractivity contribution in [2.75, 3.05) is 0 Å². The third kappa shape index (κ3) is 1.37. The minimum atomic E-state index is -0.290. The Morgan fingerprint density at radius 1 is 1.54 bits per heavy atom. The molecule has 3 nitrogen and oxygen atoms in total. The van der Waals surface area contributed by atoms with E-state index in [1.165, 1.54) is 17.9 Å². The summed E-state index contributed by atoms with van der Waals surface area (Å²) in [5.74, 6) is 1.38. The number of imidazole rings is 1. The van der Waals surface area contributed by atoms with Crippen molar-refractivity contribution in [1.29, 1.82) is 0 Å². The van der Waals surface area contributed by atoms with Crippen LogP contribution in [0.3, 0.4) is 0 Å². The van der Waals surface area contributed by atoms with Crippen molar-refractivity contribution >= 4 is 0 Å². The topological polar surface area (TPSA) is 38.1 Å². The minimum absolute atomic E-state index is 0.194. The highest BCUT2D eigenvalue weighted by molar-refractivity contribution is 5.14. The van der Waals surface area contributed by atoms with Gasteiger partial charge in [0.2, 0.25) is 0 Å². The number of nitrogens with zero attached hydrogens (tertiary/aromatic N) is 2. The standard InChI is InChI=1S/C10H16N2O/c1-7(8(2)13)9-6-11-10-4-3-5-12(9)10/h6-8,13H,3-5H2,1-2H3. The van der Waals surface area contributed by atoms with Crippen LogP contribution in [0.1, 0.15) is 37.7 Å². The molecule has 1 aromatic rings. The second kappa shape index (κ2) is 3.14. The molecule has 2 rings (SSSR count). The first-order valence-electron chi connectivity index (χ1n) is 4.92. The molecule has 0 aromatic carbocycles. The van der Waals surface area contributed by atoms with Crippen LogP contribution in [0.5, 0.6) is 0 Å². The number of aromatic nitrogens is 2. The van der Waals surface area contributed by atoms with Crippen LogP contribution in [-0.2, 0) is 13.0 Å². The van der Waals surface area contributed by atoms with Crippen LogP contribution in [0.25, 0.3) is 0 Å². The zero-order valence-electron chi connectivity index (χ0n) is 8.20. The SMILES string of the molecule is CC(O)C(C)c1cnc2n1CCC2. The molecule has 0 spiro atoms. The van der Waals surface area contributed by atoms with E-state index in [4.69, 9.17) is 0 Å². The van der Waals surface area contributed by atoms with E-state index < -0.39 is 0 Å². The average Bonchev–Trinajstić information content (AvgIpc) is 2.61. The third-order valence-corrected chi connectivity index (χ3v) is 2.94. The van der Waals surface area contributed by atoms with Gasteiger partial charge in [0, 0.05) is 30.8 Å². The molecule has 2 unspecified atom stereocenters. The second-order valence-electron chi connectivity index (χ2n) is 3.88. The molecule has 0 saturated carbocycles. The zero-order valence-corrected chi connectivity index (χ0v) is 8.20. The highest BCUT2D eigenvalue weighted by Crippen LogP contribution is 2.24. The van der Waals surface area contributed by atoms with Crippen LogP contribution in [-0.4, -0.2) is 20.8 Å². The quantitative estimate of drug-likeness (QED) is 0.745. The van der Waals surface area contributed by atoms with E-state index in [1.54, 1.807) is 0 Å². The lowest BCUT2D eigenvalue weighted by Crippen LogP contribution is -2.14. The van der Waals surface area contributed by atoms with Crippen molar-refractivity contribution in [1.82, 2.24) is 9.55 Å². The molecular formula is C10H16N2O. The Morgan fingerprint density at radius 3 is 3.00 bits per heavy atom. The van der Waals surface area contributed by atoms with Crippen LogP contribution in [0.15, 0.2) is 6.20 Å². The smallest absolute Gasteiger partial charge is 0.108 e. The number of fused-ring (bicyclic) bond motifs is 1. The normalized spacial score (nSPS) is 19.9. The fourth-order valence-corrected chi connectivity index (χ4v) is 1.89. The summed E-state index contributed by atoms with van der Waals surface area (Å²) in [5.41, 5.74) is 1.18. The second-order valence-corrected chi connectivity index (χ2v) is 3.88. The van der Waals surface area contributed by atoms with Gasteiger partial charge in [-0.1, -0.05) is 6.92 Å². The zero-order chi connectivity index (χ0) is 9.42. The number of aliphatic hydroxyl groups is 1. The lowest BCUT2D eigenvalue weighted by Gasteiger charge is -2.15. The molecule has 1 aromatic heterocycles. The minimum Gasteiger partial charge on any atom is -0.393 e. The van der Waals surface area contributed by atoms with Gasteiger partial charge >= 0.3 is 0 Å². The molecule has 0 bridgehead atoms. The highest BCUT2D eigenvalue weighted by atomic mass is 16.3. The Kier molecular flexibility index (Phi) is 2.12. The number of aliphatic hydroxyl groups excluding tert-OH is 1. The molecule has 0 radical (unpaired) electrons. The predicted molar refractivity (Wildman–Crippen MR) is 50.6 cm³/mol. The van der Waals surface area contributed by atoms with Gasteiger partial charge in [-0.05, 0) is 13.3 Å². The summed E-state index contributed by atoms with van der Waals surface area (Å²) in [6.45, 7) is 4.95. The van der Waals surface area contributed by atoms with Crippen LogP contribution < -0.4 is 0 Å². The first-order chi connectivity index (χ1) is 6.20. The molecule has 1 aliphatic rings. The monoisotopic (exact) mass is 180 g/mol. The van der Waals surface area contributed by atoms with Crippen LogP contribution in [0.4, 0.5) is 0 Å². The fourth-order valence-electron chi connectivity index (χ4n) is 1.89. The Morgan fingerprint density at radius 2 is 2.31 bits per heavy atom. The molecule has 1 N–H and O–H groups in total. The summed E-state index contributed by atoms with van der Waals surface area (Å²) in [4.78, 5) is 4.35. The Labute approximate surface area is 78.4 Å². The third-order valence-electron chi connectivity index (χ3n) is 2.94. The first kappa shape index (κ1) is 8.75. The molecule has 3 heteroatoms. The maximum absolute atomic E-state index is 9.48. The summed E-state index contributed by atoms with van der Waals surface area (Å²) in [6, 6.07) is 0. The maximum Gasteiger partial charge on any atom is 0.108 e. The molecule has 2 heterocycles. The summed E-state index contributed by atoms with van der Waals surface area (Å²) in [6.07, 6.45) is 3.91. The molecule has 0 fully saturated rings. The van der Waals surface area contributed by atoms with Crippen molar-refractivity contribution in [3.05, 3.63) is 17.7 Å². The van der Waals surface area contributed by atoms with Gasteiger partial charge in [-0.15, -0.1) is 0 Å². The van der Waals surface area contributed by atoms with Gasteiger partial charge in [0.15, 0.2) is 0 Å². The van der Waals surface area contributed by atoms with Crippen molar-refractivity contribution < 1.29 is 5.11 Å². The highest BCUT2D eigenvalue weighted by Gasteiger charge is 2.21. The van der Waals surface area contributed by atoms with Gasteiger partial charge in [-0.25, -0.2) is 4.98 Å². The maximum atomic E-state index is 9.48. The average molecular weight is 180 g/mol. The van der Waals surface area contributed by atoms with Gasteiger partial charge in [-0.3, -0.25) is 0 Å². The van der Waals surface area contributed by atoms with Crippen molar-refractivity contribution in [2.24, 2.45) is 0 Å². The fraction of sp³-hybridized carbons (Fsp3) is 0.700. The molecule has 0 saturated heterocycles. The number of hydrogen-bond acceptors (Lipinski definition) is 2. The predicted octanol–water partition coefficient (Wildman–Crippen LogP) is 1.31. The first-order valence-corrected chi connectivity index (χ1v) is 4.92. The van der Waals surface area contributed by atoms with Gasteiger partial charge in [0.05, 0.1) is 6.10 Å². The van der Waals surface area contributed by atoms with E-state index >= 15 is 0 Å². The number of hydrogen-bond donors (Lipinski definition) is 1. The van der Waals surface area contributed by atoms with Crippen molar-refractivity contribution in [3.8, 4) is 0 Å². The van der Waals surface area contributed by atoms with E-state index in [0.717, 1.165) is 13.0 Å². The molecule has 1 aliphatic heterocycles. The largest absolute Gasteiger partial charge is 0.393 e. The van der Waals surface area contributed by atoms with Gasteiger partial charge < -0.3 is 9.67 Å². The number of aryl methyl sites for hydroxylation is 1. The lowest BCUT2D eigenvalue weighted by molar-refractivity contribution is 0.165.